The maximum atomic E-state index is 11.4. The summed E-state index contributed by atoms with van der Waals surface area (Å²) in [7, 11) is 0. The average molecular weight is 265 g/mol. The molecule has 0 amide bonds. The van der Waals surface area contributed by atoms with Gasteiger partial charge in [-0.05, 0) is 25.7 Å². The smallest absolute Gasteiger partial charge is 0.326 e. The van der Waals surface area contributed by atoms with E-state index in [1.807, 2.05) is 18.7 Å². The number of hydrogen-bond donors (Lipinski definition) is 1. The van der Waals surface area contributed by atoms with Crippen LogP contribution in [0.15, 0.2) is 12.4 Å². The Labute approximate surface area is 112 Å². The summed E-state index contributed by atoms with van der Waals surface area (Å²) >= 11 is 0. The van der Waals surface area contributed by atoms with Crippen molar-refractivity contribution in [2.45, 2.75) is 32.7 Å². The summed E-state index contributed by atoms with van der Waals surface area (Å²) in [6, 6.07) is 1.18. The lowest BCUT2D eigenvalue weighted by molar-refractivity contribution is -0.140. The van der Waals surface area contributed by atoms with Gasteiger partial charge in [-0.15, -0.1) is 0 Å². The zero-order chi connectivity index (χ0) is 13.8. The molecule has 0 saturated carbocycles. The van der Waals surface area contributed by atoms with E-state index in [1.54, 1.807) is 6.07 Å². The van der Waals surface area contributed by atoms with Crippen LogP contribution < -0.4 is 9.64 Å². The van der Waals surface area contributed by atoms with E-state index in [-0.39, 0.29) is 5.92 Å². The summed E-state index contributed by atoms with van der Waals surface area (Å²) in [5, 5.41) is 9.40. The molecule has 1 fully saturated rings. The van der Waals surface area contributed by atoms with E-state index in [0.29, 0.717) is 24.8 Å². The molecule has 0 aromatic carbocycles. The molecule has 1 saturated heterocycles. The fourth-order valence-corrected chi connectivity index (χ4v) is 2.54. The van der Waals surface area contributed by atoms with Crippen molar-refractivity contribution in [1.29, 1.82) is 0 Å². The fraction of sp³-hybridized carbons (Fsp3) is 0.615. The van der Waals surface area contributed by atoms with E-state index in [1.165, 1.54) is 6.33 Å². The minimum Gasteiger partial charge on any atom is -0.480 e. The van der Waals surface area contributed by atoms with Crippen LogP contribution in [0.25, 0.3) is 0 Å². The van der Waals surface area contributed by atoms with Gasteiger partial charge >= 0.3 is 5.97 Å². The summed E-state index contributed by atoms with van der Waals surface area (Å²) in [5.41, 5.74) is 0. The van der Waals surface area contributed by atoms with Crippen molar-refractivity contribution in [3.8, 4) is 5.88 Å². The Morgan fingerprint density at radius 1 is 1.58 bits per heavy atom. The van der Waals surface area contributed by atoms with E-state index in [0.717, 1.165) is 12.8 Å². The van der Waals surface area contributed by atoms with Gasteiger partial charge in [-0.25, -0.2) is 14.8 Å². The number of carboxylic acid groups (broad SMARTS) is 1. The highest BCUT2D eigenvalue weighted by Gasteiger charge is 2.35. The molecule has 0 spiro atoms. The van der Waals surface area contributed by atoms with Gasteiger partial charge < -0.3 is 14.7 Å². The highest BCUT2D eigenvalue weighted by Crippen LogP contribution is 2.28. The third kappa shape index (κ3) is 2.94. The molecule has 1 N–H and O–H groups in total. The molecule has 1 aromatic rings. The number of piperidine rings is 1. The monoisotopic (exact) mass is 265 g/mol. The highest BCUT2D eigenvalue weighted by atomic mass is 16.5. The van der Waals surface area contributed by atoms with Crippen molar-refractivity contribution in [3.63, 3.8) is 0 Å². The molecule has 2 heterocycles. The third-order valence-electron chi connectivity index (χ3n) is 3.40. The Kier molecular flexibility index (Phi) is 4.19. The molecule has 0 radical (unpaired) electrons. The number of carbonyl (C=O) groups is 1. The average Bonchev–Trinajstić information content (AvgIpc) is 2.38. The molecule has 0 bridgehead atoms. The quantitative estimate of drug-likeness (QED) is 0.890. The van der Waals surface area contributed by atoms with Crippen molar-refractivity contribution < 1.29 is 14.6 Å². The van der Waals surface area contributed by atoms with E-state index < -0.39 is 12.0 Å². The van der Waals surface area contributed by atoms with Crippen LogP contribution in [0.3, 0.4) is 0 Å². The number of nitrogens with zero attached hydrogens (tertiary/aromatic N) is 3. The molecule has 0 aliphatic carbocycles. The molecule has 6 nitrogen and oxygen atoms in total. The number of aromatic nitrogens is 2. The van der Waals surface area contributed by atoms with Crippen molar-refractivity contribution in [2.75, 3.05) is 18.1 Å². The Morgan fingerprint density at radius 2 is 2.37 bits per heavy atom. The lowest BCUT2D eigenvalue weighted by Crippen LogP contribution is -2.49. The first-order valence-corrected chi connectivity index (χ1v) is 6.57. The molecular weight excluding hydrogens is 246 g/mol. The minimum absolute atomic E-state index is 0.108. The molecule has 2 unspecified atom stereocenters. The van der Waals surface area contributed by atoms with Crippen molar-refractivity contribution >= 4 is 11.8 Å². The lowest BCUT2D eigenvalue weighted by Gasteiger charge is -2.38. The summed E-state index contributed by atoms with van der Waals surface area (Å²) in [4.78, 5) is 21.5. The van der Waals surface area contributed by atoms with Crippen LogP contribution in [0.5, 0.6) is 5.88 Å². The predicted octanol–water partition coefficient (Wildman–Crippen LogP) is 1.56. The summed E-state index contributed by atoms with van der Waals surface area (Å²) in [5.74, 6) is 0.410. The van der Waals surface area contributed by atoms with E-state index in [2.05, 4.69) is 9.97 Å². The number of hydrogen-bond acceptors (Lipinski definition) is 5. The van der Waals surface area contributed by atoms with E-state index in [9.17, 15) is 9.90 Å². The van der Waals surface area contributed by atoms with Gasteiger partial charge in [-0.2, -0.15) is 0 Å². The highest BCUT2D eigenvalue weighted by molar-refractivity contribution is 5.78. The van der Waals surface area contributed by atoms with Gasteiger partial charge in [-0.1, -0.05) is 6.92 Å². The normalized spacial score (nSPS) is 23.2. The van der Waals surface area contributed by atoms with Crippen LogP contribution in [0.1, 0.15) is 26.7 Å². The third-order valence-corrected chi connectivity index (χ3v) is 3.40. The Balaban J connectivity index is 2.27. The molecule has 6 heteroatoms. The topological polar surface area (TPSA) is 75.5 Å². The number of anilines is 1. The second-order valence-corrected chi connectivity index (χ2v) is 4.74. The number of ether oxygens (including phenoxy) is 1. The number of carboxylic acids is 1. The largest absolute Gasteiger partial charge is 0.480 e. The Bertz CT molecular complexity index is 453. The molecule has 1 aliphatic rings. The fourth-order valence-electron chi connectivity index (χ4n) is 2.54. The van der Waals surface area contributed by atoms with Crippen LogP contribution in [0.4, 0.5) is 5.82 Å². The standard InChI is InChI=1S/C13H19N3O3/c1-3-19-11-7-10(14-8-15-11)16-6-4-5-9(2)12(16)13(17)18/h7-9,12H,3-6H2,1-2H3,(H,17,18). The van der Waals surface area contributed by atoms with Crippen molar-refractivity contribution in [1.82, 2.24) is 9.97 Å². The van der Waals surface area contributed by atoms with Gasteiger partial charge in [0.15, 0.2) is 0 Å². The van der Waals surface area contributed by atoms with Crippen LogP contribution in [-0.2, 0) is 4.79 Å². The zero-order valence-corrected chi connectivity index (χ0v) is 11.2. The van der Waals surface area contributed by atoms with E-state index >= 15 is 0 Å². The van der Waals surface area contributed by atoms with E-state index in [4.69, 9.17) is 4.74 Å². The molecule has 2 rings (SSSR count). The number of aliphatic carboxylic acids is 1. The summed E-state index contributed by atoms with van der Waals surface area (Å²) < 4.78 is 5.33. The van der Waals surface area contributed by atoms with Crippen molar-refractivity contribution in [2.24, 2.45) is 5.92 Å². The van der Waals surface area contributed by atoms with Gasteiger partial charge in [0.05, 0.1) is 6.61 Å². The maximum absolute atomic E-state index is 11.4. The lowest BCUT2D eigenvalue weighted by atomic mass is 9.91. The first kappa shape index (κ1) is 13.6. The minimum atomic E-state index is -0.802. The van der Waals surface area contributed by atoms with Crippen LogP contribution in [-0.4, -0.2) is 40.2 Å². The van der Waals surface area contributed by atoms with Crippen LogP contribution in [0.2, 0.25) is 0 Å². The Hall–Kier alpha value is -1.85. The molecular formula is C13H19N3O3. The van der Waals surface area contributed by atoms with Gasteiger partial charge in [-0.3, -0.25) is 0 Å². The van der Waals surface area contributed by atoms with Crippen LogP contribution in [0, 0.1) is 5.92 Å². The molecule has 2 atom stereocenters. The molecule has 1 aromatic heterocycles. The predicted molar refractivity (Wildman–Crippen MR) is 70.4 cm³/mol. The second kappa shape index (κ2) is 5.86. The first-order valence-electron chi connectivity index (χ1n) is 6.57. The van der Waals surface area contributed by atoms with Gasteiger partial charge in [0.1, 0.15) is 18.2 Å². The second-order valence-electron chi connectivity index (χ2n) is 4.74. The van der Waals surface area contributed by atoms with Crippen molar-refractivity contribution in [3.05, 3.63) is 12.4 Å². The first-order chi connectivity index (χ1) is 9.13. The zero-order valence-electron chi connectivity index (χ0n) is 11.2. The molecule has 1 aliphatic heterocycles. The summed E-state index contributed by atoms with van der Waals surface area (Å²) in [6.07, 6.45) is 3.31. The molecule has 19 heavy (non-hydrogen) atoms. The van der Waals surface area contributed by atoms with Crippen LogP contribution >= 0.6 is 0 Å². The number of rotatable bonds is 4. The van der Waals surface area contributed by atoms with Gasteiger partial charge in [0.2, 0.25) is 5.88 Å². The Morgan fingerprint density at radius 3 is 3.05 bits per heavy atom. The maximum Gasteiger partial charge on any atom is 0.326 e. The SMILES string of the molecule is CCOc1cc(N2CCCC(C)C2C(=O)O)ncn1. The summed E-state index contributed by atoms with van der Waals surface area (Å²) in [6.45, 7) is 5.07. The van der Waals surface area contributed by atoms with Gasteiger partial charge in [0, 0.05) is 12.6 Å². The molecule has 104 valence electrons. The van der Waals surface area contributed by atoms with Gasteiger partial charge in [0.25, 0.3) is 0 Å².